The average Bonchev–Trinajstić information content (AvgIpc) is 2.37. The minimum atomic E-state index is -0.157. The normalized spacial score (nSPS) is 17.1. The first kappa shape index (κ1) is 12.3. The molecular formula is C13H19FN2O. The molecular weight excluding hydrogens is 219 g/mol. The van der Waals surface area contributed by atoms with Crippen LogP contribution in [0.4, 0.5) is 4.39 Å². The molecule has 1 aromatic carbocycles. The third-order valence-corrected chi connectivity index (χ3v) is 3.30. The third kappa shape index (κ3) is 2.76. The molecule has 0 unspecified atom stereocenters. The Morgan fingerprint density at radius 3 is 2.71 bits per heavy atom. The maximum atomic E-state index is 13.6. The van der Waals surface area contributed by atoms with Crippen LogP contribution in [0.5, 0.6) is 5.75 Å². The molecule has 1 N–H and O–H groups in total. The number of ether oxygens (including phenoxy) is 1. The first-order valence-electron chi connectivity index (χ1n) is 5.97. The fourth-order valence-electron chi connectivity index (χ4n) is 2.18. The number of halogens is 1. The van der Waals surface area contributed by atoms with Crippen molar-refractivity contribution in [1.82, 2.24) is 10.2 Å². The van der Waals surface area contributed by atoms with Gasteiger partial charge in [0.1, 0.15) is 11.6 Å². The van der Waals surface area contributed by atoms with Crippen molar-refractivity contribution in [2.75, 3.05) is 33.3 Å². The van der Waals surface area contributed by atoms with Crippen molar-refractivity contribution in [3.05, 3.63) is 29.1 Å². The van der Waals surface area contributed by atoms with Gasteiger partial charge in [-0.2, -0.15) is 0 Å². The number of hydrogen-bond acceptors (Lipinski definition) is 3. The van der Waals surface area contributed by atoms with Crippen LogP contribution in [0.3, 0.4) is 0 Å². The van der Waals surface area contributed by atoms with Crippen molar-refractivity contribution < 1.29 is 9.13 Å². The molecule has 1 heterocycles. The van der Waals surface area contributed by atoms with Gasteiger partial charge in [-0.3, -0.25) is 4.90 Å². The summed E-state index contributed by atoms with van der Waals surface area (Å²) < 4.78 is 18.9. The van der Waals surface area contributed by atoms with E-state index in [0.717, 1.165) is 44.0 Å². The zero-order valence-electron chi connectivity index (χ0n) is 10.4. The molecule has 1 aliphatic rings. The van der Waals surface area contributed by atoms with Crippen molar-refractivity contribution in [2.45, 2.75) is 13.5 Å². The summed E-state index contributed by atoms with van der Waals surface area (Å²) in [7, 11) is 1.63. The number of benzene rings is 1. The molecule has 0 aliphatic carbocycles. The number of hydrogen-bond donors (Lipinski definition) is 1. The molecule has 2 rings (SSSR count). The average molecular weight is 238 g/mol. The summed E-state index contributed by atoms with van der Waals surface area (Å²) in [6.07, 6.45) is 0. The van der Waals surface area contributed by atoms with Gasteiger partial charge in [0.15, 0.2) is 0 Å². The summed E-state index contributed by atoms with van der Waals surface area (Å²) in [6, 6.07) is 3.18. The second kappa shape index (κ2) is 5.47. The fourth-order valence-corrected chi connectivity index (χ4v) is 2.18. The third-order valence-electron chi connectivity index (χ3n) is 3.30. The van der Waals surface area contributed by atoms with Gasteiger partial charge in [0.25, 0.3) is 0 Å². The molecule has 0 radical (unpaired) electrons. The molecule has 1 saturated heterocycles. The minimum Gasteiger partial charge on any atom is -0.496 e. The number of nitrogens with zero attached hydrogens (tertiary/aromatic N) is 1. The van der Waals surface area contributed by atoms with E-state index in [0.29, 0.717) is 5.56 Å². The highest BCUT2D eigenvalue weighted by Crippen LogP contribution is 2.25. The molecule has 0 aromatic heterocycles. The van der Waals surface area contributed by atoms with Gasteiger partial charge < -0.3 is 10.1 Å². The molecule has 1 aromatic rings. The Kier molecular flexibility index (Phi) is 3.97. The van der Waals surface area contributed by atoms with Crippen molar-refractivity contribution >= 4 is 0 Å². The minimum absolute atomic E-state index is 0.157. The Bertz CT molecular complexity index is 389. The second-order valence-electron chi connectivity index (χ2n) is 4.38. The lowest BCUT2D eigenvalue weighted by Crippen LogP contribution is -2.43. The van der Waals surface area contributed by atoms with Crippen LogP contribution < -0.4 is 10.1 Å². The van der Waals surface area contributed by atoms with E-state index in [-0.39, 0.29) is 5.82 Å². The van der Waals surface area contributed by atoms with Crippen molar-refractivity contribution in [1.29, 1.82) is 0 Å². The molecule has 0 spiro atoms. The molecule has 1 aliphatic heterocycles. The predicted octanol–water partition coefficient (Wildman–Crippen LogP) is 1.55. The van der Waals surface area contributed by atoms with Gasteiger partial charge in [0.05, 0.1) is 7.11 Å². The van der Waals surface area contributed by atoms with E-state index in [1.165, 1.54) is 6.07 Å². The Labute approximate surface area is 102 Å². The van der Waals surface area contributed by atoms with Gasteiger partial charge >= 0.3 is 0 Å². The lowest BCUT2D eigenvalue weighted by atomic mass is 10.1. The highest BCUT2D eigenvalue weighted by atomic mass is 19.1. The Morgan fingerprint density at radius 2 is 2.06 bits per heavy atom. The first-order valence-corrected chi connectivity index (χ1v) is 5.97. The quantitative estimate of drug-likeness (QED) is 0.864. The highest BCUT2D eigenvalue weighted by Gasteiger charge is 2.16. The summed E-state index contributed by atoms with van der Waals surface area (Å²) in [4.78, 5) is 2.32. The zero-order chi connectivity index (χ0) is 12.3. The second-order valence-corrected chi connectivity index (χ2v) is 4.38. The SMILES string of the molecule is COc1ccc(F)c(C)c1CN1CCNCC1. The van der Waals surface area contributed by atoms with Crippen molar-refractivity contribution in [3.8, 4) is 5.75 Å². The molecule has 0 amide bonds. The van der Waals surface area contributed by atoms with Crippen LogP contribution in [0.2, 0.25) is 0 Å². The van der Waals surface area contributed by atoms with Gasteiger partial charge in [-0.15, -0.1) is 0 Å². The predicted molar refractivity (Wildman–Crippen MR) is 65.8 cm³/mol. The van der Waals surface area contributed by atoms with Crippen LogP contribution in [-0.4, -0.2) is 38.2 Å². The Balaban J connectivity index is 2.20. The van der Waals surface area contributed by atoms with Crippen molar-refractivity contribution in [3.63, 3.8) is 0 Å². The lowest BCUT2D eigenvalue weighted by molar-refractivity contribution is 0.229. The molecule has 4 heteroatoms. The van der Waals surface area contributed by atoms with E-state index < -0.39 is 0 Å². The van der Waals surface area contributed by atoms with Gasteiger partial charge in [-0.25, -0.2) is 4.39 Å². The first-order chi connectivity index (χ1) is 8.22. The van der Waals surface area contributed by atoms with E-state index in [2.05, 4.69) is 10.2 Å². The monoisotopic (exact) mass is 238 g/mol. The topological polar surface area (TPSA) is 24.5 Å². The van der Waals surface area contributed by atoms with Crippen LogP contribution >= 0.6 is 0 Å². The van der Waals surface area contributed by atoms with Gasteiger partial charge in [-0.1, -0.05) is 0 Å². The molecule has 0 bridgehead atoms. The molecule has 94 valence electrons. The van der Waals surface area contributed by atoms with E-state index in [1.54, 1.807) is 13.2 Å². The van der Waals surface area contributed by atoms with Gasteiger partial charge in [0.2, 0.25) is 0 Å². The smallest absolute Gasteiger partial charge is 0.126 e. The van der Waals surface area contributed by atoms with Crippen molar-refractivity contribution in [2.24, 2.45) is 0 Å². The Hall–Kier alpha value is -1.13. The summed E-state index contributed by atoms with van der Waals surface area (Å²) in [5.74, 6) is 0.623. The molecule has 17 heavy (non-hydrogen) atoms. The fraction of sp³-hybridized carbons (Fsp3) is 0.538. The largest absolute Gasteiger partial charge is 0.496 e. The molecule has 3 nitrogen and oxygen atoms in total. The van der Waals surface area contributed by atoms with Crippen LogP contribution in [0, 0.1) is 12.7 Å². The zero-order valence-corrected chi connectivity index (χ0v) is 10.4. The van der Waals surface area contributed by atoms with Crippen LogP contribution in [-0.2, 0) is 6.54 Å². The van der Waals surface area contributed by atoms with E-state index in [4.69, 9.17) is 4.74 Å². The summed E-state index contributed by atoms with van der Waals surface area (Å²) in [5.41, 5.74) is 1.66. The van der Waals surface area contributed by atoms with Gasteiger partial charge in [-0.05, 0) is 24.6 Å². The number of piperazine rings is 1. The van der Waals surface area contributed by atoms with E-state index >= 15 is 0 Å². The number of rotatable bonds is 3. The number of methoxy groups -OCH3 is 1. The Morgan fingerprint density at radius 1 is 1.35 bits per heavy atom. The molecule has 1 fully saturated rings. The van der Waals surface area contributed by atoms with Crippen LogP contribution in [0.25, 0.3) is 0 Å². The standard InChI is InChI=1S/C13H19FN2O/c1-10-11(9-16-7-5-15-6-8-16)13(17-2)4-3-12(10)14/h3-4,15H,5-9H2,1-2H3. The molecule has 0 saturated carbocycles. The van der Waals surface area contributed by atoms with Crippen LogP contribution in [0.1, 0.15) is 11.1 Å². The maximum Gasteiger partial charge on any atom is 0.126 e. The summed E-state index contributed by atoms with van der Waals surface area (Å²) >= 11 is 0. The molecule has 0 atom stereocenters. The summed E-state index contributed by atoms with van der Waals surface area (Å²) in [5, 5.41) is 3.31. The van der Waals surface area contributed by atoms with Crippen LogP contribution in [0.15, 0.2) is 12.1 Å². The number of nitrogens with one attached hydrogen (secondary N) is 1. The summed E-state index contributed by atoms with van der Waals surface area (Å²) in [6.45, 7) is 6.56. The lowest BCUT2D eigenvalue weighted by Gasteiger charge is -2.28. The van der Waals surface area contributed by atoms with E-state index in [9.17, 15) is 4.39 Å². The highest BCUT2D eigenvalue weighted by molar-refractivity contribution is 5.40. The maximum absolute atomic E-state index is 13.6. The van der Waals surface area contributed by atoms with Gasteiger partial charge in [0, 0.05) is 38.3 Å². The van der Waals surface area contributed by atoms with E-state index in [1.807, 2.05) is 6.92 Å².